The number of nitrogens with zero attached hydrogens (tertiary/aromatic N) is 2. The second kappa shape index (κ2) is 13.2. The van der Waals surface area contributed by atoms with Gasteiger partial charge in [0.1, 0.15) is 18.7 Å². The number of phosphoric acid groups is 2. The minimum atomic E-state index is -5.51. The Morgan fingerprint density at radius 2 is 1.97 bits per heavy atom. The molecule has 35 heavy (non-hydrogen) atoms. The predicted octanol–water partition coefficient (Wildman–Crippen LogP) is 0.874. The van der Waals surface area contributed by atoms with E-state index in [-0.39, 0.29) is 19.0 Å². The maximum atomic E-state index is 12.0. The highest BCUT2D eigenvalue weighted by Gasteiger charge is 2.42. The van der Waals surface area contributed by atoms with Gasteiger partial charge in [0.05, 0.1) is 12.7 Å². The van der Waals surface area contributed by atoms with E-state index in [4.69, 9.17) is 21.6 Å². The van der Waals surface area contributed by atoms with Crippen molar-refractivity contribution in [2.24, 2.45) is 0 Å². The van der Waals surface area contributed by atoms with Gasteiger partial charge in [-0.05, 0) is 31.7 Å². The summed E-state index contributed by atoms with van der Waals surface area (Å²) in [6, 6.07) is 1.40. The lowest BCUT2D eigenvalue weighted by molar-refractivity contribution is -0.0242. The number of nitrogens with two attached hydrogens (primary N) is 1. The van der Waals surface area contributed by atoms with Crippen LogP contribution in [0, 0.1) is 12.3 Å². The molecule has 0 radical (unpaired) electrons. The number of nitrogen functional groups attached to an aromatic ring is 1. The van der Waals surface area contributed by atoms with Gasteiger partial charge in [0.25, 0.3) is 0 Å². The minimum absolute atomic E-state index is 0.0338. The summed E-state index contributed by atoms with van der Waals surface area (Å²) in [5, 5.41) is 2.00. The van der Waals surface area contributed by atoms with Gasteiger partial charge < -0.3 is 29.9 Å². The highest BCUT2D eigenvalue weighted by molar-refractivity contribution is 7.67. The Hall–Kier alpha value is -1.43. The summed E-state index contributed by atoms with van der Waals surface area (Å²) in [7, 11) is -15.6. The van der Waals surface area contributed by atoms with Gasteiger partial charge in [0, 0.05) is 19.3 Å². The van der Waals surface area contributed by atoms with Crippen LogP contribution in [-0.4, -0.2) is 56.7 Å². The normalized spacial score (nSPS) is 23.1. The molecular weight excluding hydrogens is 533 g/mol. The molecule has 19 heteroatoms. The molecule has 0 spiro atoms. The molecule has 5 atom stereocenters. The molecule has 1 aliphatic heterocycles. The fourth-order valence-corrected chi connectivity index (χ4v) is 6.62. The van der Waals surface area contributed by atoms with Crippen molar-refractivity contribution in [1.29, 1.82) is 0 Å². The second-order valence-corrected chi connectivity index (χ2v) is 11.9. The van der Waals surface area contributed by atoms with E-state index in [0.717, 1.165) is 0 Å². The van der Waals surface area contributed by atoms with Crippen LogP contribution in [0.5, 0.6) is 0 Å². The molecule has 0 aliphatic carbocycles. The van der Waals surface area contributed by atoms with Gasteiger partial charge in [-0.1, -0.05) is 5.92 Å². The van der Waals surface area contributed by atoms with Crippen molar-refractivity contribution in [3.63, 3.8) is 0 Å². The Morgan fingerprint density at radius 1 is 1.23 bits per heavy atom. The lowest BCUT2D eigenvalue weighted by Crippen LogP contribution is -2.27. The molecule has 1 aromatic rings. The first-order valence-electron chi connectivity index (χ1n) is 10.1. The Labute approximate surface area is 200 Å². The molecule has 0 saturated carbocycles. The maximum Gasteiger partial charge on any atom is 0.489 e. The first-order chi connectivity index (χ1) is 16.3. The minimum Gasteiger partial charge on any atom is -0.383 e. The lowest BCUT2D eigenvalue weighted by Gasteiger charge is -2.20. The smallest absolute Gasteiger partial charge is 0.383 e. The molecule has 1 saturated heterocycles. The van der Waals surface area contributed by atoms with Crippen LogP contribution in [0.15, 0.2) is 17.1 Å². The standard InChI is InChI=1S/C16H27N4O12P3/c1-2-10-28-11-4-3-8-18-33(22,23)31-35(26,27)32-34(24,25)29-12-13-5-6-15(30-13)20-9-7-14(17)19-16(20)21/h1,7,9,13,15H,3-6,8,10-12H2,(H,24,25)(H,26,27)(H2,17,19,21)(H2,18,22,23)/t13-,15+/m0/s1. The summed E-state index contributed by atoms with van der Waals surface area (Å²) in [6.07, 6.45) is 6.33. The van der Waals surface area contributed by atoms with Crippen LogP contribution < -0.4 is 16.5 Å². The van der Waals surface area contributed by atoms with Gasteiger partial charge in [0.2, 0.25) is 0 Å². The van der Waals surface area contributed by atoms with E-state index >= 15 is 0 Å². The molecule has 2 heterocycles. The molecule has 1 aromatic heterocycles. The van der Waals surface area contributed by atoms with E-state index in [2.05, 4.69) is 24.0 Å². The van der Waals surface area contributed by atoms with Gasteiger partial charge in [-0.2, -0.15) is 13.6 Å². The zero-order chi connectivity index (χ0) is 26.1. The number of aromatic nitrogens is 2. The van der Waals surface area contributed by atoms with E-state index in [1.807, 2.05) is 5.09 Å². The second-order valence-electron chi connectivity index (χ2n) is 7.12. The maximum absolute atomic E-state index is 12.0. The average molecular weight is 560 g/mol. The molecular formula is C16H27N4O12P3. The fourth-order valence-electron chi connectivity index (χ4n) is 2.85. The number of nitrogens with one attached hydrogen (secondary N) is 1. The SMILES string of the molecule is C#CCOCCCCNP(=O)(O)OP(=O)(O)OP(=O)(O)OC[C@@H]1CC[C@H](n2ccc(N)nc2=O)O1. The molecule has 6 N–H and O–H groups in total. The Bertz CT molecular complexity index is 1090. The van der Waals surface area contributed by atoms with Crippen LogP contribution in [0.3, 0.4) is 0 Å². The van der Waals surface area contributed by atoms with E-state index < -0.39 is 48.0 Å². The quantitative estimate of drug-likeness (QED) is 0.114. The molecule has 1 aliphatic rings. The van der Waals surface area contributed by atoms with Crippen molar-refractivity contribution in [2.45, 2.75) is 38.0 Å². The monoisotopic (exact) mass is 560 g/mol. The van der Waals surface area contributed by atoms with Crippen LogP contribution in [0.2, 0.25) is 0 Å². The van der Waals surface area contributed by atoms with Crippen molar-refractivity contribution in [2.75, 3.05) is 32.1 Å². The first-order valence-corrected chi connectivity index (χ1v) is 14.7. The summed E-state index contributed by atoms with van der Waals surface area (Å²) < 4.78 is 60.5. The summed E-state index contributed by atoms with van der Waals surface area (Å²) in [4.78, 5) is 44.4. The molecule has 198 valence electrons. The van der Waals surface area contributed by atoms with Gasteiger partial charge in [-0.25, -0.2) is 23.6 Å². The predicted molar refractivity (Wildman–Crippen MR) is 121 cm³/mol. The first kappa shape index (κ1) is 29.8. The van der Waals surface area contributed by atoms with Gasteiger partial charge in [-0.15, -0.1) is 6.42 Å². The highest BCUT2D eigenvalue weighted by atomic mass is 31.3. The summed E-state index contributed by atoms with van der Waals surface area (Å²) in [5.74, 6) is 2.30. The van der Waals surface area contributed by atoms with Crippen LogP contribution in [0.1, 0.15) is 31.9 Å². The number of terminal acetylenes is 1. The number of unbranched alkanes of at least 4 members (excludes halogenated alkanes) is 1. The van der Waals surface area contributed by atoms with Crippen molar-refractivity contribution >= 4 is 29.2 Å². The third kappa shape index (κ3) is 11.0. The Balaban J connectivity index is 1.78. The van der Waals surface area contributed by atoms with Gasteiger partial charge in [0.15, 0.2) is 0 Å². The molecule has 2 rings (SSSR count). The summed E-state index contributed by atoms with van der Waals surface area (Å²) >= 11 is 0. The largest absolute Gasteiger partial charge is 0.489 e. The summed E-state index contributed by atoms with van der Waals surface area (Å²) in [6.45, 7) is -0.240. The van der Waals surface area contributed by atoms with Crippen molar-refractivity contribution in [3.8, 4) is 12.3 Å². The van der Waals surface area contributed by atoms with Crippen LogP contribution in [-0.2, 0) is 36.3 Å². The van der Waals surface area contributed by atoms with E-state index in [1.54, 1.807) is 0 Å². The van der Waals surface area contributed by atoms with E-state index in [9.17, 15) is 33.2 Å². The van der Waals surface area contributed by atoms with E-state index in [0.29, 0.717) is 32.3 Å². The fraction of sp³-hybridized carbons (Fsp3) is 0.625. The van der Waals surface area contributed by atoms with Crippen LogP contribution in [0.25, 0.3) is 0 Å². The molecule has 16 nitrogen and oxygen atoms in total. The molecule has 1 fully saturated rings. The van der Waals surface area contributed by atoms with Gasteiger partial charge >= 0.3 is 29.1 Å². The van der Waals surface area contributed by atoms with Crippen molar-refractivity contribution in [3.05, 3.63) is 22.7 Å². The zero-order valence-electron chi connectivity index (χ0n) is 18.4. The third-order valence-electron chi connectivity index (χ3n) is 4.30. The average Bonchev–Trinajstić information content (AvgIpc) is 3.19. The number of anilines is 1. The van der Waals surface area contributed by atoms with Crippen molar-refractivity contribution in [1.82, 2.24) is 14.6 Å². The van der Waals surface area contributed by atoms with Crippen molar-refractivity contribution < 1.29 is 51.0 Å². The summed E-state index contributed by atoms with van der Waals surface area (Å²) in [5.41, 5.74) is 4.78. The third-order valence-corrected chi connectivity index (χ3v) is 8.76. The molecule has 0 aromatic carbocycles. The lowest BCUT2D eigenvalue weighted by atomic mass is 10.2. The highest BCUT2D eigenvalue weighted by Crippen LogP contribution is 2.66. The number of hydrogen-bond donors (Lipinski definition) is 5. The Kier molecular flexibility index (Phi) is 11.2. The van der Waals surface area contributed by atoms with Gasteiger partial charge in [-0.3, -0.25) is 9.09 Å². The number of ether oxygens (including phenoxy) is 2. The number of phosphoric ester groups is 1. The molecule has 0 bridgehead atoms. The topological polar surface area (TPSA) is 231 Å². The molecule has 3 unspecified atom stereocenters. The Morgan fingerprint density at radius 3 is 2.66 bits per heavy atom. The van der Waals surface area contributed by atoms with E-state index in [1.165, 1.54) is 16.8 Å². The number of hydrogen-bond acceptors (Lipinski definition) is 11. The number of rotatable bonds is 15. The molecule has 0 amide bonds. The van der Waals surface area contributed by atoms with Crippen LogP contribution in [0.4, 0.5) is 5.82 Å². The van der Waals surface area contributed by atoms with Crippen LogP contribution >= 0.6 is 23.4 Å². The zero-order valence-corrected chi connectivity index (χ0v) is 21.1.